The topological polar surface area (TPSA) is 84.4 Å². The number of aromatic nitrogens is 1. The molecule has 2 aliphatic heterocycles. The molecule has 1 aromatic carbocycles. The van der Waals surface area contributed by atoms with Crippen LogP contribution in [0.5, 0.6) is 0 Å². The van der Waals surface area contributed by atoms with E-state index in [2.05, 4.69) is 4.98 Å². The predicted molar refractivity (Wildman–Crippen MR) is 111 cm³/mol. The Labute approximate surface area is 170 Å². The number of Topliss-reactive ketones (excluding diaryl/α,β-unsaturated/α-hetero) is 1. The van der Waals surface area contributed by atoms with Gasteiger partial charge in [0, 0.05) is 23.7 Å². The summed E-state index contributed by atoms with van der Waals surface area (Å²) in [6.07, 6.45) is 2.15. The van der Waals surface area contributed by atoms with Gasteiger partial charge in [-0.15, -0.1) is 0 Å². The summed E-state index contributed by atoms with van der Waals surface area (Å²) in [5.41, 5.74) is 0.511. The highest BCUT2D eigenvalue weighted by Crippen LogP contribution is 2.44. The lowest BCUT2D eigenvalue weighted by atomic mass is 9.82. The molecule has 0 radical (unpaired) electrons. The zero-order chi connectivity index (χ0) is 21.0. The van der Waals surface area contributed by atoms with E-state index >= 15 is 0 Å². The fourth-order valence-electron chi connectivity index (χ4n) is 4.26. The Morgan fingerprint density at radius 1 is 1.17 bits per heavy atom. The zero-order valence-electron chi connectivity index (χ0n) is 16.8. The Balaban J connectivity index is 1.68. The number of hydrogen-bond donors (Lipinski definition) is 0. The number of sulfone groups is 1. The molecule has 1 saturated heterocycles. The number of pyridine rings is 1. The number of hydrogen-bond acceptors (Lipinski definition) is 5. The minimum atomic E-state index is -3.07. The summed E-state index contributed by atoms with van der Waals surface area (Å²) < 4.78 is 23.7. The Hall–Kier alpha value is -2.54. The van der Waals surface area contributed by atoms with Crippen LogP contribution in [0, 0.1) is 5.41 Å². The second-order valence-corrected chi connectivity index (χ2v) is 11.1. The smallest absolute Gasteiger partial charge is 0.242 e. The van der Waals surface area contributed by atoms with Crippen LogP contribution in [-0.2, 0) is 20.0 Å². The molecule has 4 rings (SSSR count). The van der Waals surface area contributed by atoms with Gasteiger partial charge in [-0.25, -0.2) is 13.4 Å². The monoisotopic (exact) mass is 412 g/mol. The lowest BCUT2D eigenvalue weighted by Gasteiger charge is -2.21. The van der Waals surface area contributed by atoms with Crippen LogP contribution in [0.4, 0.5) is 11.5 Å². The largest absolute Gasteiger partial charge is 0.294 e. The van der Waals surface area contributed by atoms with Gasteiger partial charge < -0.3 is 0 Å². The van der Waals surface area contributed by atoms with Gasteiger partial charge in [-0.1, -0.05) is 25.1 Å². The molecule has 0 aliphatic carbocycles. The number of rotatable bonds is 4. The molecule has 29 heavy (non-hydrogen) atoms. The van der Waals surface area contributed by atoms with Crippen molar-refractivity contribution >= 4 is 33.0 Å². The van der Waals surface area contributed by atoms with E-state index in [4.69, 9.17) is 0 Å². The molecule has 0 bridgehead atoms. The van der Waals surface area contributed by atoms with Crippen LogP contribution in [-0.4, -0.2) is 36.6 Å². The van der Waals surface area contributed by atoms with Crippen LogP contribution in [0.25, 0.3) is 0 Å². The van der Waals surface area contributed by atoms with Gasteiger partial charge in [0.25, 0.3) is 0 Å². The Morgan fingerprint density at radius 3 is 2.48 bits per heavy atom. The van der Waals surface area contributed by atoms with Crippen LogP contribution in [0.15, 0.2) is 42.6 Å². The summed E-state index contributed by atoms with van der Waals surface area (Å²) in [5.74, 6) is 0.478. The maximum absolute atomic E-state index is 13.1. The summed E-state index contributed by atoms with van der Waals surface area (Å²) in [6.45, 7) is 5.51. The summed E-state index contributed by atoms with van der Waals surface area (Å²) in [5, 5.41) is 0. The molecule has 0 saturated carbocycles. The number of para-hydroxylation sites is 1. The Bertz CT molecular complexity index is 1110. The van der Waals surface area contributed by atoms with Gasteiger partial charge in [-0.3, -0.25) is 14.5 Å². The lowest BCUT2D eigenvalue weighted by Crippen LogP contribution is -2.33. The quantitative estimate of drug-likeness (QED) is 0.718. The van der Waals surface area contributed by atoms with E-state index in [9.17, 15) is 18.0 Å². The lowest BCUT2D eigenvalue weighted by molar-refractivity contribution is -0.121. The molecule has 0 unspecified atom stereocenters. The predicted octanol–water partition coefficient (Wildman–Crippen LogP) is 3.44. The molecule has 0 N–H and O–H groups in total. The van der Waals surface area contributed by atoms with Crippen molar-refractivity contribution in [2.24, 2.45) is 5.41 Å². The van der Waals surface area contributed by atoms with Crippen molar-refractivity contribution in [1.29, 1.82) is 0 Å². The number of amides is 1. The summed E-state index contributed by atoms with van der Waals surface area (Å²) in [4.78, 5) is 32.1. The fraction of sp³-hybridized carbons (Fsp3) is 0.409. The van der Waals surface area contributed by atoms with E-state index in [0.717, 1.165) is 5.69 Å². The van der Waals surface area contributed by atoms with Gasteiger partial charge in [-0.2, -0.15) is 0 Å². The Morgan fingerprint density at radius 2 is 1.86 bits per heavy atom. The summed E-state index contributed by atoms with van der Waals surface area (Å²) in [6, 6.07) is 11.1. The molecular formula is C22H24N2O4S. The van der Waals surface area contributed by atoms with Crippen molar-refractivity contribution < 1.29 is 18.0 Å². The standard InChI is InChI=1S/C22H24N2O4S/c1-21(2)17-11-15(18(25)12-22(3)9-10-29(27,28)14-22)13-23-19(17)24(20(21)26)16-7-5-4-6-8-16/h4-8,11,13H,9-10,12,14H2,1-3H3/t22-/m1/s1. The number of benzene rings is 1. The normalized spacial score (nSPS) is 24.5. The highest BCUT2D eigenvalue weighted by molar-refractivity contribution is 7.91. The highest BCUT2D eigenvalue weighted by atomic mass is 32.2. The molecule has 1 atom stereocenters. The zero-order valence-corrected chi connectivity index (χ0v) is 17.6. The van der Waals surface area contributed by atoms with Gasteiger partial charge in [0.15, 0.2) is 15.6 Å². The van der Waals surface area contributed by atoms with E-state index in [1.807, 2.05) is 51.1 Å². The number of ketones is 1. The maximum atomic E-state index is 13.1. The number of fused-ring (bicyclic) bond motifs is 1. The van der Waals surface area contributed by atoms with Crippen molar-refractivity contribution in [1.82, 2.24) is 4.98 Å². The third-order valence-corrected chi connectivity index (χ3v) is 7.96. The summed E-state index contributed by atoms with van der Waals surface area (Å²) >= 11 is 0. The number of anilines is 2. The third kappa shape index (κ3) is 3.37. The van der Waals surface area contributed by atoms with E-state index in [0.29, 0.717) is 23.4 Å². The molecule has 7 heteroatoms. The average Bonchev–Trinajstić information content (AvgIpc) is 3.05. The first-order chi connectivity index (χ1) is 13.5. The average molecular weight is 413 g/mol. The first kappa shape index (κ1) is 19.8. The van der Waals surface area contributed by atoms with Gasteiger partial charge >= 0.3 is 0 Å². The molecule has 1 amide bonds. The van der Waals surface area contributed by atoms with E-state index in [1.54, 1.807) is 11.0 Å². The van der Waals surface area contributed by atoms with Crippen molar-refractivity contribution in [3.05, 3.63) is 53.7 Å². The fourth-order valence-corrected chi connectivity index (χ4v) is 6.52. The molecular weight excluding hydrogens is 388 g/mol. The molecule has 1 aromatic heterocycles. The van der Waals surface area contributed by atoms with E-state index < -0.39 is 20.7 Å². The summed E-state index contributed by atoms with van der Waals surface area (Å²) in [7, 11) is -3.07. The minimum Gasteiger partial charge on any atom is -0.294 e. The second kappa shape index (κ2) is 6.49. The first-order valence-electron chi connectivity index (χ1n) is 9.66. The van der Waals surface area contributed by atoms with Crippen LogP contribution in [0.2, 0.25) is 0 Å². The number of carbonyl (C=O) groups excluding carboxylic acids is 2. The van der Waals surface area contributed by atoms with Crippen LogP contribution < -0.4 is 4.90 Å². The van der Waals surface area contributed by atoms with Gasteiger partial charge in [0.1, 0.15) is 5.82 Å². The van der Waals surface area contributed by atoms with Crippen molar-refractivity contribution in [2.75, 3.05) is 16.4 Å². The minimum absolute atomic E-state index is 0.0376. The molecule has 0 spiro atoms. The van der Waals surface area contributed by atoms with Crippen molar-refractivity contribution in [2.45, 2.75) is 39.0 Å². The van der Waals surface area contributed by atoms with E-state index in [1.165, 1.54) is 6.20 Å². The van der Waals surface area contributed by atoms with Crippen LogP contribution >= 0.6 is 0 Å². The molecule has 3 heterocycles. The highest BCUT2D eigenvalue weighted by Gasteiger charge is 2.46. The molecule has 2 aromatic rings. The number of nitrogens with zero attached hydrogens (tertiary/aromatic N) is 2. The van der Waals surface area contributed by atoms with Gasteiger partial charge in [0.2, 0.25) is 5.91 Å². The SMILES string of the molecule is CC1(C)C(=O)N(c2ccccc2)c2ncc(C(=O)C[C@@]3(C)CCS(=O)(=O)C3)cc21. The molecule has 2 aliphatic rings. The van der Waals surface area contributed by atoms with Crippen molar-refractivity contribution in [3.8, 4) is 0 Å². The van der Waals surface area contributed by atoms with E-state index in [-0.39, 0.29) is 29.6 Å². The third-order valence-electron chi connectivity index (χ3n) is 6.00. The maximum Gasteiger partial charge on any atom is 0.242 e. The Kier molecular flexibility index (Phi) is 4.42. The molecule has 6 nitrogen and oxygen atoms in total. The van der Waals surface area contributed by atoms with Gasteiger partial charge in [0.05, 0.1) is 22.6 Å². The van der Waals surface area contributed by atoms with Crippen molar-refractivity contribution in [3.63, 3.8) is 0 Å². The number of carbonyl (C=O) groups is 2. The molecule has 152 valence electrons. The first-order valence-corrected chi connectivity index (χ1v) is 11.5. The van der Waals surface area contributed by atoms with Crippen LogP contribution in [0.3, 0.4) is 0 Å². The van der Waals surface area contributed by atoms with Gasteiger partial charge in [-0.05, 0) is 43.9 Å². The second-order valence-electron chi connectivity index (χ2n) is 8.95. The van der Waals surface area contributed by atoms with Crippen LogP contribution in [0.1, 0.15) is 49.5 Å². The molecule has 1 fully saturated rings.